The molecule has 0 spiro atoms. The zero-order valence-electron chi connectivity index (χ0n) is 19.5. The van der Waals surface area contributed by atoms with Crippen LogP contribution in [0.15, 0.2) is 18.2 Å². The van der Waals surface area contributed by atoms with Gasteiger partial charge < -0.3 is 25.4 Å². The van der Waals surface area contributed by atoms with Crippen molar-refractivity contribution in [3.63, 3.8) is 0 Å². The van der Waals surface area contributed by atoms with E-state index in [0.717, 1.165) is 17.4 Å². The molecule has 1 fully saturated rings. The number of carbonyl (C=O) groups is 2. The van der Waals surface area contributed by atoms with Gasteiger partial charge in [0.15, 0.2) is 0 Å². The number of hydrogen-bond acceptors (Lipinski definition) is 13. The average Bonchev–Trinajstić information content (AvgIpc) is 3.36. The minimum Gasteiger partial charge on any atom is -0.462 e. The van der Waals surface area contributed by atoms with Gasteiger partial charge in [0.05, 0.1) is 30.3 Å². The Balaban J connectivity index is 1.77. The van der Waals surface area contributed by atoms with Crippen LogP contribution in [-0.4, -0.2) is 79.1 Å². The van der Waals surface area contributed by atoms with Crippen LogP contribution in [0.4, 0.5) is 5.00 Å². The molecular weight excluding hydrogens is 522 g/mol. The number of thiophene rings is 1. The monoisotopic (exact) mass is 551 g/mol. The zero-order valence-corrected chi connectivity index (χ0v) is 21.1. The summed E-state index contributed by atoms with van der Waals surface area (Å²) in [5, 5.41) is 30.9. The third-order valence-corrected chi connectivity index (χ3v) is 6.86. The van der Waals surface area contributed by atoms with Crippen LogP contribution in [0.3, 0.4) is 0 Å². The van der Waals surface area contributed by atoms with E-state index < -0.39 is 64.2 Å². The molecule has 202 valence electrons. The number of nitrogens with zero attached hydrogens (tertiary/aromatic N) is 1. The van der Waals surface area contributed by atoms with Gasteiger partial charge in [-0.3, -0.25) is 19.1 Å². The first-order chi connectivity index (χ1) is 16.8. The SMILES string of the molecule is CC(C)CC(N)C(=O)NS(=O)(=O)OCC1OC(CCOC(=O)C=Cc2ccc([N+](=O)[O-])s2)C(O)C1O. The number of carbonyl (C=O) groups excluding carboxylic acids is 2. The van der Waals surface area contributed by atoms with E-state index in [1.807, 2.05) is 13.8 Å². The molecule has 0 bridgehead atoms. The number of esters is 1. The predicted molar refractivity (Wildman–Crippen MR) is 127 cm³/mol. The van der Waals surface area contributed by atoms with Gasteiger partial charge in [0.1, 0.15) is 18.3 Å². The number of aliphatic hydroxyl groups is 2. The van der Waals surface area contributed by atoms with Gasteiger partial charge in [-0.1, -0.05) is 25.2 Å². The molecule has 1 saturated heterocycles. The van der Waals surface area contributed by atoms with Crippen LogP contribution in [0.2, 0.25) is 0 Å². The fourth-order valence-electron chi connectivity index (χ4n) is 3.21. The average molecular weight is 552 g/mol. The van der Waals surface area contributed by atoms with Crippen molar-refractivity contribution in [2.75, 3.05) is 13.2 Å². The van der Waals surface area contributed by atoms with E-state index >= 15 is 0 Å². The number of ether oxygens (including phenoxy) is 2. The molecule has 1 aromatic heterocycles. The molecule has 5 atom stereocenters. The summed E-state index contributed by atoms with van der Waals surface area (Å²) in [5.41, 5.74) is 5.64. The van der Waals surface area contributed by atoms with Gasteiger partial charge in [0.2, 0.25) is 0 Å². The van der Waals surface area contributed by atoms with Crippen molar-refractivity contribution in [3.8, 4) is 0 Å². The van der Waals surface area contributed by atoms with Gasteiger partial charge in [-0.15, -0.1) is 0 Å². The maximum Gasteiger partial charge on any atom is 0.362 e. The molecule has 1 amide bonds. The number of rotatable bonds is 13. The second-order valence-electron chi connectivity index (χ2n) is 8.36. The summed E-state index contributed by atoms with van der Waals surface area (Å²) in [4.78, 5) is 34.3. The molecule has 2 heterocycles. The molecule has 2 rings (SSSR count). The van der Waals surface area contributed by atoms with Crippen molar-refractivity contribution in [3.05, 3.63) is 33.2 Å². The Morgan fingerprint density at radius 3 is 2.58 bits per heavy atom. The summed E-state index contributed by atoms with van der Waals surface area (Å²) in [6.07, 6.45) is -2.44. The Morgan fingerprint density at radius 1 is 1.31 bits per heavy atom. The van der Waals surface area contributed by atoms with Gasteiger partial charge in [-0.2, -0.15) is 8.42 Å². The molecule has 14 nitrogen and oxygen atoms in total. The highest BCUT2D eigenvalue weighted by molar-refractivity contribution is 7.85. The molecule has 16 heteroatoms. The molecule has 1 aromatic rings. The van der Waals surface area contributed by atoms with E-state index in [1.54, 1.807) is 4.72 Å². The van der Waals surface area contributed by atoms with Crippen molar-refractivity contribution in [1.82, 2.24) is 4.72 Å². The first-order valence-electron chi connectivity index (χ1n) is 10.9. The number of nitro groups is 1. The first kappa shape index (κ1) is 29.8. The second kappa shape index (κ2) is 13.2. The molecule has 0 aromatic carbocycles. The molecule has 0 saturated carbocycles. The molecule has 5 N–H and O–H groups in total. The summed E-state index contributed by atoms with van der Waals surface area (Å²) in [7, 11) is -4.53. The largest absolute Gasteiger partial charge is 0.462 e. The second-order valence-corrected chi connectivity index (χ2v) is 10.8. The molecule has 1 aliphatic rings. The predicted octanol–water partition coefficient (Wildman–Crippen LogP) is -0.157. The lowest BCUT2D eigenvalue weighted by atomic mass is 10.0. The van der Waals surface area contributed by atoms with Crippen molar-refractivity contribution < 1.29 is 46.8 Å². The zero-order chi connectivity index (χ0) is 27.0. The smallest absolute Gasteiger partial charge is 0.362 e. The van der Waals surface area contributed by atoms with E-state index in [0.29, 0.717) is 4.88 Å². The Hall–Kier alpha value is -2.47. The summed E-state index contributed by atoms with van der Waals surface area (Å²) in [6, 6.07) is 1.73. The fourth-order valence-corrected chi connectivity index (χ4v) is 4.70. The number of nitrogens with two attached hydrogens (primary N) is 1. The van der Waals surface area contributed by atoms with E-state index in [9.17, 15) is 38.3 Å². The maximum atomic E-state index is 12.0. The summed E-state index contributed by atoms with van der Waals surface area (Å²) in [5.74, 6) is -1.62. The lowest BCUT2D eigenvalue weighted by molar-refractivity contribution is -0.380. The highest BCUT2D eigenvalue weighted by atomic mass is 32.2. The number of amides is 1. The lowest BCUT2D eigenvalue weighted by Crippen LogP contribution is -2.45. The topological polar surface area (TPSA) is 218 Å². The summed E-state index contributed by atoms with van der Waals surface area (Å²) in [6.45, 7) is 2.75. The highest BCUT2D eigenvalue weighted by Crippen LogP contribution is 2.26. The standard InChI is InChI=1S/C20H29N3O11S2/c1-11(2)9-13(21)20(27)22-36(30,31)33-10-15-19(26)18(25)14(34-15)7-8-32-17(24)6-4-12-3-5-16(35-12)23(28)29/h3-6,11,13-15,18-19,25-26H,7-10,21H2,1-2H3,(H,22,27). The molecule has 0 aliphatic carbocycles. The van der Waals surface area contributed by atoms with E-state index in [-0.39, 0.29) is 30.4 Å². The third kappa shape index (κ3) is 9.20. The molecule has 36 heavy (non-hydrogen) atoms. The minimum atomic E-state index is -4.53. The van der Waals surface area contributed by atoms with Crippen LogP contribution in [0, 0.1) is 16.0 Å². The summed E-state index contributed by atoms with van der Waals surface area (Å²) >= 11 is 0.882. The van der Waals surface area contributed by atoms with E-state index in [2.05, 4.69) is 0 Å². The van der Waals surface area contributed by atoms with E-state index in [4.69, 9.17) is 19.4 Å². The molecule has 1 aliphatic heterocycles. The minimum absolute atomic E-state index is 0.0215. The Morgan fingerprint density at radius 2 is 1.97 bits per heavy atom. The van der Waals surface area contributed by atoms with Crippen molar-refractivity contribution >= 4 is 44.6 Å². The van der Waals surface area contributed by atoms with Crippen molar-refractivity contribution in [2.24, 2.45) is 11.7 Å². The van der Waals surface area contributed by atoms with Crippen LogP contribution < -0.4 is 10.5 Å². The van der Waals surface area contributed by atoms with Crippen LogP contribution in [0.5, 0.6) is 0 Å². The van der Waals surface area contributed by atoms with Crippen LogP contribution >= 0.6 is 11.3 Å². The fraction of sp³-hybridized carbons (Fsp3) is 0.600. The van der Waals surface area contributed by atoms with E-state index in [1.165, 1.54) is 18.2 Å². The van der Waals surface area contributed by atoms with Gasteiger partial charge in [0, 0.05) is 23.4 Å². The lowest BCUT2D eigenvalue weighted by Gasteiger charge is -2.16. The number of hydrogen-bond donors (Lipinski definition) is 4. The molecular formula is C20H29N3O11S2. The van der Waals surface area contributed by atoms with Crippen molar-refractivity contribution in [2.45, 2.75) is 57.1 Å². The molecule has 0 radical (unpaired) electrons. The number of nitrogens with one attached hydrogen (secondary N) is 1. The van der Waals surface area contributed by atoms with Gasteiger partial charge >= 0.3 is 21.3 Å². The van der Waals surface area contributed by atoms with Crippen LogP contribution in [-0.2, 0) is 33.6 Å². The quantitative estimate of drug-likeness (QED) is 0.109. The van der Waals surface area contributed by atoms with Gasteiger partial charge in [0.25, 0.3) is 5.91 Å². The van der Waals surface area contributed by atoms with Crippen LogP contribution in [0.1, 0.15) is 31.6 Å². The van der Waals surface area contributed by atoms with Crippen molar-refractivity contribution in [1.29, 1.82) is 0 Å². The van der Waals surface area contributed by atoms with Gasteiger partial charge in [-0.05, 0) is 24.5 Å². The highest BCUT2D eigenvalue weighted by Gasteiger charge is 2.43. The summed E-state index contributed by atoms with van der Waals surface area (Å²) < 4.78 is 40.8. The maximum absolute atomic E-state index is 12.0. The third-order valence-electron chi connectivity index (χ3n) is 4.96. The van der Waals surface area contributed by atoms with Gasteiger partial charge in [-0.25, -0.2) is 9.52 Å². The normalized spacial score (nSPS) is 23.2. The Labute approximate surface area is 211 Å². The number of aliphatic hydroxyl groups excluding tert-OH is 2. The Bertz CT molecular complexity index is 1060. The Kier molecular flexibility index (Phi) is 10.9. The first-order valence-corrected chi connectivity index (χ1v) is 13.1. The van der Waals surface area contributed by atoms with Crippen LogP contribution in [0.25, 0.3) is 6.08 Å². The molecule has 5 unspecified atom stereocenters.